The van der Waals surface area contributed by atoms with E-state index in [0.717, 1.165) is 11.1 Å². The van der Waals surface area contributed by atoms with E-state index in [1.165, 1.54) is 31.5 Å². The molecule has 1 aliphatic heterocycles. The lowest BCUT2D eigenvalue weighted by atomic mass is 10.0. The van der Waals surface area contributed by atoms with Gasteiger partial charge in [0.05, 0.1) is 6.20 Å². The molecule has 0 aliphatic carbocycles. The summed E-state index contributed by atoms with van der Waals surface area (Å²) in [7, 11) is 1.63. The van der Waals surface area contributed by atoms with Crippen LogP contribution in [0.5, 0.6) is 0 Å². The Balaban J connectivity index is 1.70. The molecule has 5 nitrogen and oxygen atoms in total. The van der Waals surface area contributed by atoms with Gasteiger partial charge in [-0.2, -0.15) is 5.10 Å². The van der Waals surface area contributed by atoms with Crippen LogP contribution in [0.1, 0.15) is 31.4 Å². The van der Waals surface area contributed by atoms with Crippen molar-refractivity contribution in [2.45, 2.75) is 32.4 Å². The van der Waals surface area contributed by atoms with Crippen LogP contribution in [-0.4, -0.2) is 40.7 Å². The van der Waals surface area contributed by atoms with Crippen LogP contribution in [0, 0.1) is 0 Å². The molecule has 1 atom stereocenters. The second-order valence-electron chi connectivity index (χ2n) is 6.14. The molecule has 0 bridgehead atoms. The molecule has 5 heteroatoms. The number of likely N-dealkylation sites (tertiary alicyclic amines) is 1. The van der Waals surface area contributed by atoms with E-state index in [1.54, 1.807) is 11.7 Å². The average molecular weight is 312 g/mol. The van der Waals surface area contributed by atoms with E-state index in [1.807, 2.05) is 12.4 Å². The second kappa shape index (κ2) is 6.96. The summed E-state index contributed by atoms with van der Waals surface area (Å²) >= 11 is 0. The summed E-state index contributed by atoms with van der Waals surface area (Å²) in [5.74, 6) is -0.0468. The minimum Gasteiger partial charge on any atom is -0.358 e. The maximum atomic E-state index is 11.4. The highest BCUT2D eigenvalue weighted by atomic mass is 16.1. The van der Waals surface area contributed by atoms with Gasteiger partial charge in [0.1, 0.15) is 6.54 Å². The van der Waals surface area contributed by atoms with Gasteiger partial charge in [-0.05, 0) is 44.0 Å². The third-order valence-electron chi connectivity index (χ3n) is 4.63. The molecule has 2 aromatic rings. The highest BCUT2D eigenvalue weighted by molar-refractivity contribution is 5.75. The van der Waals surface area contributed by atoms with Gasteiger partial charge in [-0.25, -0.2) is 0 Å². The summed E-state index contributed by atoms with van der Waals surface area (Å²) in [5, 5.41) is 6.85. The molecule has 0 saturated carbocycles. The Morgan fingerprint density at radius 1 is 1.22 bits per heavy atom. The number of carbonyl (C=O) groups excluding carboxylic acids is 1. The summed E-state index contributed by atoms with van der Waals surface area (Å²) in [6, 6.07) is 9.16. The van der Waals surface area contributed by atoms with Crippen molar-refractivity contribution in [1.29, 1.82) is 0 Å². The average Bonchev–Trinajstić information content (AvgIpc) is 3.26. The molecule has 23 heavy (non-hydrogen) atoms. The van der Waals surface area contributed by atoms with E-state index in [9.17, 15) is 4.79 Å². The van der Waals surface area contributed by atoms with Gasteiger partial charge in [-0.3, -0.25) is 14.4 Å². The Labute approximate surface area is 137 Å². The molecule has 1 aromatic carbocycles. The minimum absolute atomic E-state index is 0.0468. The SMILES string of the molecule is CNC(=O)Cn1cc(-c2ccc(C(C)N3CCCC3)cc2)cn1. The van der Waals surface area contributed by atoms with Crippen molar-refractivity contribution in [3.8, 4) is 11.1 Å². The number of hydrogen-bond acceptors (Lipinski definition) is 3. The predicted molar refractivity (Wildman–Crippen MR) is 91.0 cm³/mol. The first-order valence-electron chi connectivity index (χ1n) is 8.25. The lowest BCUT2D eigenvalue weighted by molar-refractivity contribution is -0.121. The second-order valence-corrected chi connectivity index (χ2v) is 6.14. The fraction of sp³-hybridized carbons (Fsp3) is 0.444. The van der Waals surface area contributed by atoms with Gasteiger partial charge >= 0.3 is 0 Å². The monoisotopic (exact) mass is 312 g/mol. The maximum Gasteiger partial charge on any atom is 0.241 e. The topological polar surface area (TPSA) is 50.2 Å². The molecule has 3 rings (SSSR count). The summed E-state index contributed by atoms with van der Waals surface area (Å²) in [5.41, 5.74) is 3.52. The number of likely N-dealkylation sites (N-methyl/N-ethyl adjacent to an activating group) is 1. The van der Waals surface area contributed by atoms with Crippen LogP contribution in [0.2, 0.25) is 0 Å². The number of benzene rings is 1. The quantitative estimate of drug-likeness (QED) is 0.922. The number of hydrogen-bond donors (Lipinski definition) is 1. The molecular weight excluding hydrogens is 288 g/mol. The van der Waals surface area contributed by atoms with Crippen molar-refractivity contribution in [3.63, 3.8) is 0 Å². The zero-order valence-electron chi connectivity index (χ0n) is 13.8. The zero-order chi connectivity index (χ0) is 16.2. The lowest BCUT2D eigenvalue weighted by Crippen LogP contribution is -2.23. The van der Waals surface area contributed by atoms with Crippen LogP contribution >= 0.6 is 0 Å². The van der Waals surface area contributed by atoms with Crippen LogP contribution in [0.15, 0.2) is 36.7 Å². The van der Waals surface area contributed by atoms with Gasteiger partial charge < -0.3 is 5.32 Å². The first-order chi connectivity index (χ1) is 11.2. The van der Waals surface area contributed by atoms with Crippen LogP contribution < -0.4 is 5.32 Å². The Hall–Kier alpha value is -2.14. The number of nitrogens with one attached hydrogen (secondary N) is 1. The molecule has 2 heterocycles. The molecule has 1 N–H and O–H groups in total. The van der Waals surface area contributed by atoms with Gasteiger partial charge in [0.15, 0.2) is 0 Å². The Kier molecular flexibility index (Phi) is 4.76. The third kappa shape index (κ3) is 3.62. The summed E-state index contributed by atoms with van der Waals surface area (Å²) < 4.78 is 1.66. The van der Waals surface area contributed by atoms with Crippen molar-refractivity contribution in [3.05, 3.63) is 42.2 Å². The highest BCUT2D eigenvalue weighted by Crippen LogP contribution is 2.27. The van der Waals surface area contributed by atoms with Crippen LogP contribution in [-0.2, 0) is 11.3 Å². The normalized spacial score (nSPS) is 16.4. The molecule has 1 unspecified atom stereocenters. The molecule has 0 radical (unpaired) electrons. The van der Waals surface area contributed by atoms with E-state index in [-0.39, 0.29) is 12.5 Å². The standard InChI is InChI=1S/C18H24N4O/c1-14(21-9-3-4-10-21)15-5-7-16(8-6-15)17-11-20-22(12-17)13-18(23)19-2/h5-8,11-12,14H,3-4,9-10,13H2,1-2H3,(H,19,23). The smallest absolute Gasteiger partial charge is 0.241 e. The summed E-state index contributed by atoms with van der Waals surface area (Å²) in [6.07, 6.45) is 6.34. The molecular formula is C18H24N4O. The summed E-state index contributed by atoms with van der Waals surface area (Å²) in [4.78, 5) is 13.9. The van der Waals surface area contributed by atoms with Crippen LogP contribution in [0.25, 0.3) is 11.1 Å². The molecule has 1 aliphatic rings. The van der Waals surface area contributed by atoms with Gasteiger partial charge in [-0.1, -0.05) is 24.3 Å². The third-order valence-corrected chi connectivity index (χ3v) is 4.63. The highest BCUT2D eigenvalue weighted by Gasteiger charge is 2.19. The van der Waals surface area contributed by atoms with Gasteiger partial charge in [-0.15, -0.1) is 0 Å². The minimum atomic E-state index is -0.0468. The van der Waals surface area contributed by atoms with E-state index >= 15 is 0 Å². The van der Waals surface area contributed by atoms with Gasteiger partial charge in [0.25, 0.3) is 0 Å². The predicted octanol–water partition coefficient (Wildman–Crippen LogP) is 2.45. The van der Waals surface area contributed by atoms with E-state index in [0.29, 0.717) is 6.04 Å². The number of aromatic nitrogens is 2. The zero-order valence-corrected chi connectivity index (χ0v) is 13.8. The van der Waals surface area contributed by atoms with Crippen LogP contribution in [0.3, 0.4) is 0 Å². The summed E-state index contributed by atoms with van der Waals surface area (Å²) in [6.45, 7) is 4.94. The largest absolute Gasteiger partial charge is 0.358 e. The fourth-order valence-electron chi connectivity index (χ4n) is 3.12. The van der Waals surface area contributed by atoms with Crippen molar-refractivity contribution >= 4 is 5.91 Å². The van der Waals surface area contributed by atoms with Gasteiger partial charge in [0.2, 0.25) is 5.91 Å². The van der Waals surface area contributed by atoms with E-state index < -0.39 is 0 Å². The van der Waals surface area contributed by atoms with E-state index in [4.69, 9.17) is 0 Å². The molecule has 1 aromatic heterocycles. The molecule has 1 amide bonds. The molecule has 122 valence electrons. The fourth-order valence-corrected chi connectivity index (χ4v) is 3.12. The first-order valence-corrected chi connectivity index (χ1v) is 8.25. The van der Waals surface area contributed by atoms with E-state index in [2.05, 4.69) is 46.5 Å². The molecule has 1 saturated heterocycles. The first kappa shape index (κ1) is 15.7. The number of amides is 1. The maximum absolute atomic E-state index is 11.4. The number of nitrogens with zero attached hydrogens (tertiary/aromatic N) is 3. The Bertz CT molecular complexity index is 656. The van der Waals surface area contributed by atoms with Crippen molar-refractivity contribution in [1.82, 2.24) is 20.0 Å². The molecule has 1 fully saturated rings. The number of rotatable bonds is 5. The molecule has 0 spiro atoms. The van der Waals surface area contributed by atoms with Crippen LogP contribution in [0.4, 0.5) is 0 Å². The number of carbonyl (C=O) groups is 1. The Morgan fingerprint density at radius 2 is 1.91 bits per heavy atom. The van der Waals surface area contributed by atoms with Gasteiger partial charge in [0, 0.05) is 24.8 Å². The lowest BCUT2D eigenvalue weighted by Gasteiger charge is -2.24. The Morgan fingerprint density at radius 3 is 2.57 bits per heavy atom. The van der Waals surface area contributed by atoms with Crippen molar-refractivity contribution < 1.29 is 4.79 Å². The van der Waals surface area contributed by atoms with Crippen molar-refractivity contribution in [2.24, 2.45) is 0 Å². The van der Waals surface area contributed by atoms with Crippen molar-refractivity contribution in [2.75, 3.05) is 20.1 Å².